The molecule has 1 aromatic rings. The van der Waals surface area contributed by atoms with Crippen molar-refractivity contribution in [2.24, 2.45) is 5.41 Å². The van der Waals surface area contributed by atoms with Gasteiger partial charge in [-0.15, -0.1) is 11.3 Å². The van der Waals surface area contributed by atoms with E-state index in [0.717, 1.165) is 13.1 Å². The first-order valence-electron chi connectivity index (χ1n) is 7.20. The molecule has 18 heavy (non-hydrogen) atoms. The second-order valence-corrected chi connectivity index (χ2v) is 6.66. The number of rotatable bonds is 6. The van der Waals surface area contributed by atoms with E-state index in [2.05, 4.69) is 35.9 Å². The van der Waals surface area contributed by atoms with Crippen molar-refractivity contribution >= 4 is 11.3 Å². The Morgan fingerprint density at radius 2 is 2.39 bits per heavy atom. The van der Waals surface area contributed by atoms with Crippen LogP contribution in [-0.4, -0.2) is 19.6 Å². The van der Waals surface area contributed by atoms with Gasteiger partial charge >= 0.3 is 0 Å². The maximum Gasteiger partial charge on any atom is 0.0302 e. The number of thiophene rings is 1. The summed E-state index contributed by atoms with van der Waals surface area (Å²) in [4.78, 5) is 1.49. The van der Waals surface area contributed by atoms with Crippen molar-refractivity contribution in [3.8, 4) is 0 Å². The molecule has 0 amide bonds. The van der Waals surface area contributed by atoms with Gasteiger partial charge in [0.2, 0.25) is 0 Å². The molecule has 0 aromatic carbocycles. The minimum atomic E-state index is 0.498. The highest BCUT2D eigenvalue weighted by Crippen LogP contribution is 2.31. The maximum absolute atomic E-state index is 3.69. The fraction of sp³-hybridized carbons (Fsp3) is 0.733. The predicted octanol–water partition coefficient (Wildman–Crippen LogP) is 3.32. The summed E-state index contributed by atoms with van der Waals surface area (Å²) in [6.45, 7) is 9.10. The van der Waals surface area contributed by atoms with Gasteiger partial charge in [-0.3, -0.25) is 0 Å². The lowest BCUT2D eigenvalue weighted by Gasteiger charge is -2.38. The van der Waals surface area contributed by atoms with Crippen molar-refractivity contribution in [1.29, 1.82) is 0 Å². The van der Waals surface area contributed by atoms with Crippen molar-refractivity contribution in [3.05, 3.63) is 21.9 Å². The van der Waals surface area contributed by atoms with Gasteiger partial charge < -0.3 is 10.6 Å². The van der Waals surface area contributed by atoms with E-state index in [1.165, 1.54) is 49.2 Å². The zero-order valence-electron chi connectivity index (χ0n) is 11.7. The van der Waals surface area contributed by atoms with E-state index in [-0.39, 0.29) is 0 Å². The van der Waals surface area contributed by atoms with Gasteiger partial charge in [0.05, 0.1) is 0 Å². The Morgan fingerprint density at radius 1 is 1.50 bits per heavy atom. The summed E-state index contributed by atoms with van der Waals surface area (Å²) in [6, 6.07) is 2.21. The van der Waals surface area contributed by atoms with Crippen molar-refractivity contribution < 1.29 is 0 Å². The summed E-state index contributed by atoms with van der Waals surface area (Å²) >= 11 is 1.87. The first-order valence-corrected chi connectivity index (χ1v) is 8.08. The summed E-state index contributed by atoms with van der Waals surface area (Å²) in [5.41, 5.74) is 1.93. The van der Waals surface area contributed by atoms with Crippen LogP contribution in [0.25, 0.3) is 0 Å². The molecule has 2 rings (SSSR count). The molecule has 0 saturated carbocycles. The number of hydrogen-bond acceptors (Lipinski definition) is 3. The van der Waals surface area contributed by atoms with E-state index in [0.29, 0.717) is 5.41 Å². The van der Waals surface area contributed by atoms with Crippen LogP contribution in [0.3, 0.4) is 0 Å². The Kier molecular flexibility index (Phi) is 5.22. The highest BCUT2D eigenvalue weighted by atomic mass is 32.1. The summed E-state index contributed by atoms with van der Waals surface area (Å²) < 4.78 is 0. The van der Waals surface area contributed by atoms with Gasteiger partial charge in [0.1, 0.15) is 0 Å². The topological polar surface area (TPSA) is 24.1 Å². The molecule has 1 fully saturated rings. The molecule has 0 spiro atoms. The number of nitrogens with one attached hydrogen (secondary N) is 2. The molecular weight excluding hydrogens is 240 g/mol. The highest BCUT2D eigenvalue weighted by molar-refractivity contribution is 7.10. The number of aryl methyl sites for hydroxylation is 1. The Hall–Kier alpha value is -0.380. The van der Waals surface area contributed by atoms with Crippen molar-refractivity contribution in [2.75, 3.05) is 19.6 Å². The lowest BCUT2D eigenvalue weighted by molar-refractivity contribution is 0.182. The number of piperidine rings is 1. The standard InChI is InChI=1S/C15H26N2S/c1-3-6-15(7-4-8-16-11-15)12-17-10-14-13(2)5-9-18-14/h5,9,16-17H,3-4,6-8,10-12H2,1-2H3. The van der Waals surface area contributed by atoms with E-state index >= 15 is 0 Å². The van der Waals surface area contributed by atoms with Gasteiger partial charge in [-0.2, -0.15) is 0 Å². The fourth-order valence-corrected chi connectivity index (χ4v) is 3.92. The predicted molar refractivity (Wildman–Crippen MR) is 80.2 cm³/mol. The van der Waals surface area contributed by atoms with E-state index in [1.807, 2.05) is 11.3 Å². The van der Waals surface area contributed by atoms with Crippen LogP contribution < -0.4 is 10.6 Å². The molecule has 2 nitrogen and oxygen atoms in total. The largest absolute Gasteiger partial charge is 0.316 e. The van der Waals surface area contributed by atoms with E-state index in [1.54, 1.807) is 0 Å². The van der Waals surface area contributed by atoms with Gasteiger partial charge in [-0.1, -0.05) is 13.3 Å². The van der Waals surface area contributed by atoms with Gasteiger partial charge in [0.15, 0.2) is 0 Å². The maximum atomic E-state index is 3.69. The van der Waals surface area contributed by atoms with Crippen LogP contribution in [0, 0.1) is 12.3 Å². The third-order valence-corrected chi connectivity index (χ3v) is 5.12. The fourth-order valence-electron chi connectivity index (χ4n) is 3.04. The second kappa shape index (κ2) is 6.69. The first-order chi connectivity index (χ1) is 8.76. The summed E-state index contributed by atoms with van der Waals surface area (Å²) in [7, 11) is 0. The molecule has 1 unspecified atom stereocenters. The molecular formula is C15H26N2S. The molecule has 102 valence electrons. The van der Waals surface area contributed by atoms with Gasteiger partial charge in [0.25, 0.3) is 0 Å². The SMILES string of the molecule is CCCC1(CNCc2sccc2C)CCCNC1. The molecule has 1 aliphatic heterocycles. The molecule has 2 heterocycles. The molecule has 0 bridgehead atoms. The van der Waals surface area contributed by atoms with Crippen molar-refractivity contribution in [1.82, 2.24) is 10.6 Å². The van der Waals surface area contributed by atoms with Crippen LogP contribution in [0.15, 0.2) is 11.4 Å². The Morgan fingerprint density at radius 3 is 3.00 bits per heavy atom. The van der Waals surface area contributed by atoms with E-state index in [4.69, 9.17) is 0 Å². The van der Waals surface area contributed by atoms with Crippen LogP contribution in [0.5, 0.6) is 0 Å². The minimum absolute atomic E-state index is 0.498. The smallest absolute Gasteiger partial charge is 0.0302 e. The Labute approximate surface area is 115 Å². The van der Waals surface area contributed by atoms with Crippen molar-refractivity contribution in [2.45, 2.75) is 46.1 Å². The molecule has 0 aliphatic carbocycles. The number of hydrogen-bond donors (Lipinski definition) is 2. The van der Waals surface area contributed by atoms with Crippen molar-refractivity contribution in [3.63, 3.8) is 0 Å². The molecule has 1 saturated heterocycles. The highest BCUT2D eigenvalue weighted by Gasteiger charge is 2.30. The molecule has 1 atom stereocenters. The van der Waals surface area contributed by atoms with Gasteiger partial charge in [-0.25, -0.2) is 0 Å². The summed E-state index contributed by atoms with van der Waals surface area (Å²) in [6.07, 6.45) is 5.35. The molecule has 3 heteroatoms. The zero-order valence-corrected chi connectivity index (χ0v) is 12.5. The monoisotopic (exact) mass is 266 g/mol. The molecule has 0 radical (unpaired) electrons. The van der Waals surface area contributed by atoms with Gasteiger partial charge in [0, 0.05) is 24.5 Å². The van der Waals surface area contributed by atoms with Crippen LogP contribution in [-0.2, 0) is 6.54 Å². The molecule has 1 aliphatic rings. The summed E-state index contributed by atoms with van der Waals surface area (Å²) in [5.74, 6) is 0. The second-order valence-electron chi connectivity index (χ2n) is 5.66. The third-order valence-electron chi connectivity index (χ3n) is 4.09. The average molecular weight is 266 g/mol. The molecule has 1 aromatic heterocycles. The van der Waals surface area contributed by atoms with E-state index in [9.17, 15) is 0 Å². The lowest BCUT2D eigenvalue weighted by atomic mass is 9.77. The Bertz CT molecular complexity index is 348. The van der Waals surface area contributed by atoms with Gasteiger partial charge in [-0.05, 0) is 55.2 Å². The normalized spacial score (nSPS) is 24.3. The van der Waals surface area contributed by atoms with Crippen LogP contribution in [0.1, 0.15) is 43.0 Å². The van der Waals surface area contributed by atoms with Crippen LogP contribution in [0.2, 0.25) is 0 Å². The molecule has 2 N–H and O–H groups in total. The third kappa shape index (κ3) is 3.56. The first kappa shape index (κ1) is 14.0. The van der Waals surface area contributed by atoms with E-state index < -0.39 is 0 Å². The van der Waals surface area contributed by atoms with Crippen LogP contribution >= 0.6 is 11.3 Å². The quantitative estimate of drug-likeness (QED) is 0.825. The summed E-state index contributed by atoms with van der Waals surface area (Å²) in [5, 5.41) is 9.46. The minimum Gasteiger partial charge on any atom is -0.316 e. The average Bonchev–Trinajstić information content (AvgIpc) is 2.77. The Balaban J connectivity index is 1.84. The zero-order chi connectivity index (χ0) is 12.8. The lowest BCUT2D eigenvalue weighted by Crippen LogP contribution is -2.46. The van der Waals surface area contributed by atoms with Crippen LogP contribution in [0.4, 0.5) is 0 Å².